The number of nitrogens with zero attached hydrogens (tertiary/aromatic N) is 2. The van der Waals surface area contributed by atoms with Crippen LogP contribution in [0.2, 0.25) is 0 Å². The molecule has 1 aromatic rings. The third kappa shape index (κ3) is 2.86. The van der Waals surface area contributed by atoms with E-state index in [1.165, 1.54) is 0 Å². The van der Waals surface area contributed by atoms with Crippen molar-refractivity contribution in [1.82, 2.24) is 4.98 Å². The lowest BCUT2D eigenvalue weighted by atomic mass is 10.1. The van der Waals surface area contributed by atoms with Gasteiger partial charge in [-0.2, -0.15) is 0 Å². The van der Waals surface area contributed by atoms with Gasteiger partial charge in [-0.3, -0.25) is 0 Å². The van der Waals surface area contributed by atoms with Crippen LogP contribution in [0.25, 0.3) is 0 Å². The van der Waals surface area contributed by atoms with Crippen LogP contribution < -0.4 is 4.90 Å². The van der Waals surface area contributed by atoms with E-state index in [4.69, 9.17) is 11.6 Å². The van der Waals surface area contributed by atoms with Crippen molar-refractivity contribution in [2.45, 2.75) is 31.7 Å². The number of halogens is 3. The first kappa shape index (κ1) is 12.6. The van der Waals surface area contributed by atoms with Crippen molar-refractivity contribution in [3.05, 3.63) is 23.9 Å². The second kappa shape index (κ2) is 5.63. The van der Waals surface area contributed by atoms with Gasteiger partial charge in [0.1, 0.15) is 5.82 Å². The lowest BCUT2D eigenvalue weighted by molar-refractivity contribution is 0.550. The SMILES string of the molecule is Fc1cnc(N2CCCCCC2CCl)c(F)c1. The fourth-order valence-electron chi connectivity index (χ4n) is 2.24. The van der Waals surface area contributed by atoms with Crippen LogP contribution in [0.5, 0.6) is 0 Å². The highest BCUT2D eigenvalue weighted by molar-refractivity contribution is 6.18. The number of pyridine rings is 1. The molecule has 2 heterocycles. The summed E-state index contributed by atoms with van der Waals surface area (Å²) in [6.45, 7) is 0.729. The molecule has 1 saturated heterocycles. The van der Waals surface area contributed by atoms with Gasteiger partial charge in [0.15, 0.2) is 11.6 Å². The maximum atomic E-state index is 13.7. The summed E-state index contributed by atoms with van der Waals surface area (Å²) >= 11 is 5.92. The summed E-state index contributed by atoms with van der Waals surface area (Å²) in [5.41, 5.74) is 0. The number of rotatable bonds is 2. The van der Waals surface area contributed by atoms with Crippen LogP contribution in [0.15, 0.2) is 12.3 Å². The molecule has 94 valence electrons. The minimum Gasteiger partial charge on any atom is -0.350 e. The van der Waals surface area contributed by atoms with E-state index in [0.29, 0.717) is 5.88 Å². The second-order valence-electron chi connectivity index (χ2n) is 4.31. The van der Waals surface area contributed by atoms with Gasteiger partial charge in [0, 0.05) is 24.5 Å². The first-order valence-electron chi connectivity index (χ1n) is 5.86. The minimum absolute atomic E-state index is 0.0895. The molecule has 1 aliphatic heterocycles. The van der Waals surface area contributed by atoms with E-state index >= 15 is 0 Å². The van der Waals surface area contributed by atoms with E-state index in [9.17, 15) is 8.78 Å². The molecule has 1 aromatic heterocycles. The average Bonchev–Trinajstić information content (AvgIpc) is 2.54. The van der Waals surface area contributed by atoms with E-state index in [1.807, 2.05) is 4.90 Å². The number of anilines is 1. The molecule has 0 saturated carbocycles. The largest absolute Gasteiger partial charge is 0.350 e. The summed E-state index contributed by atoms with van der Waals surface area (Å²) < 4.78 is 26.5. The number of hydrogen-bond donors (Lipinski definition) is 0. The second-order valence-corrected chi connectivity index (χ2v) is 4.62. The first-order chi connectivity index (χ1) is 8.22. The van der Waals surface area contributed by atoms with Crippen molar-refractivity contribution in [3.8, 4) is 0 Å². The molecule has 0 radical (unpaired) electrons. The standard InChI is InChI=1S/C12H15ClF2N2/c13-7-10-4-2-1-3-5-17(10)12-11(15)6-9(14)8-16-12/h6,8,10H,1-5,7H2. The summed E-state index contributed by atoms with van der Waals surface area (Å²) in [5, 5.41) is 0. The summed E-state index contributed by atoms with van der Waals surface area (Å²) in [5.74, 6) is -0.595. The van der Waals surface area contributed by atoms with Crippen molar-refractivity contribution in [3.63, 3.8) is 0 Å². The van der Waals surface area contributed by atoms with Crippen molar-refractivity contribution < 1.29 is 8.78 Å². The van der Waals surface area contributed by atoms with Crippen LogP contribution in [0.4, 0.5) is 14.6 Å². The molecule has 0 bridgehead atoms. The monoisotopic (exact) mass is 260 g/mol. The molecule has 0 spiro atoms. The first-order valence-corrected chi connectivity index (χ1v) is 6.39. The normalized spacial score (nSPS) is 21.4. The molecule has 1 unspecified atom stereocenters. The lowest BCUT2D eigenvalue weighted by Gasteiger charge is -2.29. The highest BCUT2D eigenvalue weighted by atomic mass is 35.5. The predicted octanol–water partition coefficient (Wildman–Crippen LogP) is 3.35. The zero-order valence-electron chi connectivity index (χ0n) is 9.50. The Balaban J connectivity index is 2.28. The van der Waals surface area contributed by atoms with Crippen LogP contribution in [0.3, 0.4) is 0 Å². The molecule has 2 nitrogen and oxygen atoms in total. The molecule has 0 aliphatic carbocycles. The molecular formula is C12H15ClF2N2. The Kier molecular flexibility index (Phi) is 4.15. The molecule has 0 amide bonds. The van der Waals surface area contributed by atoms with Crippen LogP contribution in [0, 0.1) is 11.6 Å². The molecule has 1 aliphatic rings. The summed E-state index contributed by atoms with van der Waals surface area (Å²) in [7, 11) is 0. The fraction of sp³-hybridized carbons (Fsp3) is 0.583. The van der Waals surface area contributed by atoms with Crippen molar-refractivity contribution in [1.29, 1.82) is 0 Å². The molecule has 0 aromatic carbocycles. The molecular weight excluding hydrogens is 246 g/mol. The zero-order chi connectivity index (χ0) is 12.3. The van der Waals surface area contributed by atoms with Gasteiger partial charge in [-0.25, -0.2) is 13.8 Å². The van der Waals surface area contributed by atoms with Crippen molar-refractivity contribution >= 4 is 17.4 Å². The molecule has 5 heteroatoms. The Morgan fingerprint density at radius 2 is 2.18 bits per heavy atom. The van der Waals surface area contributed by atoms with Gasteiger partial charge in [-0.1, -0.05) is 12.8 Å². The van der Waals surface area contributed by atoms with Crippen LogP contribution >= 0.6 is 11.6 Å². The minimum atomic E-state index is -0.650. The summed E-state index contributed by atoms with van der Waals surface area (Å²) in [6.07, 6.45) is 5.19. The van der Waals surface area contributed by atoms with Gasteiger partial charge in [-0.15, -0.1) is 11.6 Å². The van der Waals surface area contributed by atoms with Gasteiger partial charge in [0.25, 0.3) is 0 Å². The van der Waals surface area contributed by atoms with Gasteiger partial charge in [-0.05, 0) is 12.8 Å². The quantitative estimate of drug-likeness (QED) is 0.758. The lowest BCUT2D eigenvalue weighted by Crippen LogP contribution is -2.37. The third-order valence-corrected chi connectivity index (χ3v) is 3.47. The Morgan fingerprint density at radius 1 is 1.35 bits per heavy atom. The highest BCUT2D eigenvalue weighted by Gasteiger charge is 2.24. The van der Waals surface area contributed by atoms with Gasteiger partial charge >= 0.3 is 0 Å². The Labute approximate surface area is 105 Å². The highest BCUT2D eigenvalue weighted by Crippen LogP contribution is 2.25. The van der Waals surface area contributed by atoms with Gasteiger partial charge in [0.05, 0.1) is 6.20 Å². The van der Waals surface area contributed by atoms with Crippen LogP contribution in [0.1, 0.15) is 25.7 Å². The Morgan fingerprint density at radius 3 is 2.88 bits per heavy atom. The molecule has 2 rings (SSSR count). The Bertz CT molecular complexity index is 387. The van der Waals surface area contributed by atoms with Gasteiger partial charge in [0.2, 0.25) is 0 Å². The third-order valence-electron chi connectivity index (χ3n) is 3.12. The summed E-state index contributed by atoms with van der Waals surface area (Å²) in [4.78, 5) is 5.73. The fourth-order valence-corrected chi connectivity index (χ4v) is 2.56. The van der Waals surface area contributed by atoms with Gasteiger partial charge < -0.3 is 4.90 Å². The van der Waals surface area contributed by atoms with E-state index in [-0.39, 0.29) is 11.9 Å². The molecule has 1 fully saturated rings. The number of alkyl halides is 1. The number of hydrogen-bond acceptors (Lipinski definition) is 2. The van der Waals surface area contributed by atoms with E-state index < -0.39 is 11.6 Å². The van der Waals surface area contributed by atoms with E-state index in [2.05, 4.69) is 4.98 Å². The summed E-state index contributed by atoms with van der Waals surface area (Å²) in [6, 6.07) is 0.963. The van der Waals surface area contributed by atoms with E-state index in [0.717, 1.165) is 44.5 Å². The topological polar surface area (TPSA) is 16.1 Å². The predicted molar refractivity (Wildman–Crippen MR) is 64.5 cm³/mol. The van der Waals surface area contributed by atoms with Crippen molar-refractivity contribution in [2.24, 2.45) is 0 Å². The Hall–Kier alpha value is -0.900. The molecule has 0 N–H and O–H groups in total. The maximum absolute atomic E-state index is 13.7. The molecule has 1 atom stereocenters. The van der Waals surface area contributed by atoms with E-state index in [1.54, 1.807) is 0 Å². The average molecular weight is 261 g/mol. The molecule has 17 heavy (non-hydrogen) atoms. The number of aromatic nitrogens is 1. The van der Waals surface area contributed by atoms with Crippen molar-refractivity contribution in [2.75, 3.05) is 17.3 Å². The zero-order valence-corrected chi connectivity index (χ0v) is 10.3. The maximum Gasteiger partial charge on any atom is 0.168 e. The van der Waals surface area contributed by atoms with Crippen LogP contribution in [-0.4, -0.2) is 23.5 Å². The van der Waals surface area contributed by atoms with Crippen LogP contribution in [-0.2, 0) is 0 Å². The smallest absolute Gasteiger partial charge is 0.168 e.